The summed E-state index contributed by atoms with van der Waals surface area (Å²) in [6, 6.07) is 5.63. The third kappa shape index (κ3) is 2.38. The van der Waals surface area contributed by atoms with Crippen molar-refractivity contribution in [1.29, 1.82) is 0 Å². The Labute approximate surface area is 119 Å². The lowest BCUT2D eigenvalue weighted by Gasteiger charge is -2.45. The van der Waals surface area contributed by atoms with Crippen LogP contribution in [0.2, 0.25) is 0 Å². The van der Waals surface area contributed by atoms with Gasteiger partial charge in [0.25, 0.3) is 0 Å². The molecule has 1 aromatic carbocycles. The van der Waals surface area contributed by atoms with Crippen LogP contribution in [0.1, 0.15) is 44.3 Å². The van der Waals surface area contributed by atoms with Gasteiger partial charge in [-0.1, -0.05) is 6.92 Å². The maximum absolute atomic E-state index is 10.4. The first kappa shape index (κ1) is 13.7. The van der Waals surface area contributed by atoms with Crippen molar-refractivity contribution in [2.24, 2.45) is 0 Å². The SMILES string of the molecule is CCC1CC2(CCO1)CC(O)c1ccc(OC)cc1O2. The number of methoxy groups -OCH3 is 1. The van der Waals surface area contributed by atoms with Crippen LogP contribution in [0.4, 0.5) is 0 Å². The second-order valence-corrected chi connectivity index (χ2v) is 5.76. The van der Waals surface area contributed by atoms with Gasteiger partial charge in [-0.2, -0.15) is 0 Å². The lowest BCUT2D eigenvalue weighted by Crippen LogP contribution is -2.48. The van der Waals surface area contributed by atoms with E-state index in [2.05, 4.69) is 6.92 Å². The minimum absolute atomic E-state index is 0.225. The highest BCUT2D eigenvalue weighted by molar-refractivity contribution is 5.44. The summed E-state index contributed by atoms with van der Waals surface area (Å²) < 4.78 is 17.3. The van der Waals surface area contributed by atoms with Gasteiger partial charge in [-0.3, -0.25) is 0 Å². The number of benzene rings is 1. The van der Waals surface area contributed by atoms with Crippen molar-refractivity contribution in [2.75, 3.05) is 13.7 Å². The zero-order valence-corrected chi connectivity index (χ0v) is 12.1. The molecule has 0 aromatic heterocycles. The average molecular weight is 278 g/mol. The molecule has 0 saturated carbocycles. The van der Waals surface area contributed by atoms with Gasteiger partial charge in [0.1, 0.15) is 17.1 Å². The molecule has 2 aliphatic heterocycles. The molecule has 1 saturated heterocycles. The molecule has 20 heavy (non-hydrogen) atoms. The fraction of sp³-hybridized carbons (Fsp3) is 0.625. The molecule has 3 rings (SSSR count). The topological polar surface area (TPSA) is 47.9 Å². The molecular weight excluding hydrogens is 256 g/mol. The van der Waals surface area contributed by atoms with Crippen molar-refractivity contribution >= 4 is 0 Å². The van der Waals surface area contributed by atoms with E-state index in [9.17, 15) is 5.11 Å². The Hall–Kier alpha value is -1.26. The highest BCUT2D eigenvalue weighted by Gasteiger charge is 2.44. The minimum atomic E-state index is -0.472. The van der Waals surface area contributed by atoms with E-state index in [0.29, 0.717) is 13.0 Å². The van der Waals surface area contributed by atoms with Crippen LogP contribution in [0.3, 0.4) is 0 Å². The fourth-order valence-corrected chi connectivity index (χ4v) is 3.27. The maximum atomic E-state index is 10.4. The van der Waals surface area contributed by atoms with Crippen LogP contribution in [-0.2, 0) is 4.74 Å². The largest absolute Gasteiger partial charge is 0.497 e. The van der Waals surface area contributed by atoms with Gasteiger partial charge in [-0.05, 0) is 18.6 Å². The van der Waals surface area contributed by atoms with Gasteiger partial charge >= 0.3 is 0 Å². The van der Waals surface area contributed by atoms with Crippen LogP contribution in [0, 0.1) is 0 Å². The third-order valence-corrected chi connectivity index (χ3v) is 4.44. The monoisotopic (exact) mass is 278 g/mol. The van der Waals surface area contributed by atoms with Gasteiger partial charge in [0.05, 0.1) is 25.9 Å². The predicted octanol–water partition coefficient (Wildman–Crippen LogP) is 2.84. The molecule has 2 heterocycles. The summed E-state index contributed by atoms with van der Waals surface area (Å²) in [6.07, 6.45) is 3.05. The first-order chi connectivity index (χ1) is 9.65. The third-order valence-electron chi connectivity index (χ3n) is 4.44. The molecule has 4 heteroatoms. The second-order valence-electron chi connectivity index (χ2n) is 5.76. The highest BCUT2D eigenvalue weighted by atomic mass is 16.5. The molecule has 2 aliphatic rings. The summed E-state index contributed by atoms with van der Waals surface area (Å²) in [5.74, 6) is 1.51. The number of aliphatic hydroxyl groups excluding tert-OH is 1. The number of hydrogen-bond donors (Lipinski definition) is 1. The van der Waals surface area contributed by atoms with Crippen molar-refractivity contribution in [3.8, 4) is 11.5 Å². The van der Waals surface area contributed by atoms with Gasteiger partial charge in [-0.25, -0.2) is 0 Å². The standard InChI is InChI=1S/C16H22O4/c1-3-11-9-16(6-7-19-11)10-14(17)13-5-4-12(18-2)8-15(13)20-16/h4-5,8,11,14,17H,3,6-7,9-10H2,1-2H3. The molecule has 1 fully saturated rings. The molecule has 0 aliphatic carbocycles. The Kier molecular flexibility index (Phi) is 3.61. The molecule has 1 spiro atoms. The second kappa shape index (κ2) is 5.26. The summed E-state index contributed by atoms with van der Waals surface area (Å²) in [5, 5.41) is 10.4. The molecule has 3 unspecified atom stereocenters. The van der Waals surface area contributed by atoms with Crippen LogP contribution in [-0.4, -0.2) is 30.5 Å². The minimum Gasteiger partial charge on any atom is -0.497 e. The van der Waals surface area contributed by atoms with Gasteiger partial charge in [0.2, 0.25) is 0 Å². The van der Waals surface area contributed by atoms with E-state index < -0.39 is 6.10 Å². The maximum Gasteiger partial charge on any atom is 0.129 e. The van der Waals surface area contributed by atoms with Crippen molar-refractivity contribution in [1.82, 2.24) is 0 Å². The quantitative estimate of drug-likeness (QED) is 0.903. The number of fused-ring (bicyclic) bond motifs is 1. The Morgan fingerprint density at radius 3 is 3.00 bits per heavy atom. The average Bonchev–Trinajstić information content (AvgIpc) is 2.46. The molecule has 110 valence electrons. The van der Waals surface area contributed by atoms with E-state index >= 15 is 0 Å². The van der Waals surface area contributed by atoms with E-state index in [-0.39, 0.29) is 11.7 Å². The van der Waals surface area contributed by atoms with Gasteiger partial charge in [-0.15, -0.1) is 0 Å². The Morgan fingerprint density at radius 1 is 1.40 bits per heavy atom. The van der Waals surface area contributed by atoms with E-state index in [1.165, 1.54) is 0 Å². The molecule has 0 bridgehead atoms. The summed E-state index contributed by atoms with van der Waals surface area (Å²) in [5.41, 5.74) is 0.563. The zero-order valence-electron chi connectivity index (χ0n) is 12.1. The predicted molar refractivity (Wildman–Crippen MR) is 75.2 cm³/mol. The number of ether oxygens (including phenoxy) is 3. The van der Waals surface area contributed by atoms with Crippen molar-refractivity contribution in [2.45, 2.75) is 50.4 Å². The van der Waals surface area contributed by atoms with E-state index in [4.69, 9.17) is 14.2 Å². The molecular formula is C16H22O4. The number of aliphatic hydroxyl groups is 1. The van der Waals surface area contributed by atoms with Gasteiger partial charge in [0.15, 0.2) is 0 Å². The Balaban J connectivity index is 1.90. The first-order valence-electron chi connectivity index (χ1n) is 7.32. The zero-order chi connectivity index (χ0) is 14.2. The van der Waals surface area contributed by atoms with E-state index in [1.807, 2.05) is 18.2 Å². The fourth-order valence-electron chi connectivity index (χ4n) is 3.27. The van der Waals surface area contributed by atoms with E-state index in [1.54, 1.807) is 7.11 Å². The molecule has 1 N–H and O–H groups in total. The molecule has 1 aromatic rings. The normalized spacial score (nSPS) is 32.5. The molecule has 0 amide bonds. The summed E-state index contributed by atoms with van der Waals surface area (Å²) >= 11 is 0. The van der Waals surface area contributed by atoms with Crippen molar-refractivity contribution < 1.29 is 19.3 Å². The Morgan fingerprint density at radius 2 is 2.25 bits per heavy atom. The van der Waals surface area contributed by atoms with Crippen LogP contribution < -0.4 is 9.47 Å². The summed E-state index contributed by atoms with van der Waals surface area (Å²) in [7, 11) is 1.64. The molecule has 0 radical (unpaired) electrons. The molecule has 4 nitrogen and oxygen atoms in total. The smallest absolute Gasteiger partial charge is 0.129 e. The van der Waals surface area contributed by atoms with Crippen LogP contribution in [0.5, 0.6) is 11.5 Å². The lowest BCUT2D eigenvalue weighted by molar-refractivity contribution is -0.116. The first-order valence-corrected chi connectivity index (χ1v) is 7.32. The Bertz CT molecular complexity index is 487. The summed E-state index contributed by atoms with van der Waals surface area (Å²) in [4.78, 5) is 0. The highest BCUT2D eigenvalue weighted by Crippen LogP contribution is 2.46. The van der Waals surface area contributed by atoms with E-state index in [0.717, 1.165) is 36.3 Å². The van der Waals surface area contributed by atoms with Gasteiger partial charge in [0, 0.05) is 30.9 Å². The van der Waals surface area contributed by atoms with Crippen LogP contribution in [0.25, 0.3) is 0 Å². The number of hydrogen-bond acceptors (Lipinski definition) is 4. The van der Waals surface area contributed by atoms with Crippen LogP contribution >= 0.6 is 0 Å². The summed E-state index contributed by atoms with van der Waals surface area (Å²) in [6.45, 7) is 2.82. The van der Waals surface area contributed by atoms with Crippen molar-refractivity contribution in [3.63, 3.8) is 0 Å². The van der Waals surface area contributed by atoms with Crippen LogP contribution in [0.15, 0.2) is 18.2 Å². The van der Waals surface area contributed by atoms with Gasteiger partial charge < -0.3 is 19.3 Å². The number of rotatable bonds is 2. The molecule has 3 atom stereocenters. The lowest BCUT2D eigenvalue weighted by atomic mass is 9.80. The van der Waals surface area contributed by atoms with Crippen molar-refractivity contribution in [3.05, 3.63) is 23.8 Å².